The molecule has 2 aromatic carbocycles. The van der Waals surface area contributed by atoms with Gasteiger partial charge in [-0.1, -0.05) is 40.2 Å². The zero-order chi connectivity index (χ0) is 14.8. The lowest BCUT2D eigenvalue weighted by Crippen LogP contribution is -2.09. The third kappa shape index (κ3) is 3.03. The minimum atomic E-state index is -0.237. The van der Waals surface area contributed by atoms with Gasteiger partial charge in [-0.3, -0.25) is 0 Å². The lowest BCUT2D eigenvalue weighted by molar-refractivity contribution is 0.0599. The second-order valence-electron chi connectivity index (χ2n) is 5.41. The number of halogens is 1. The molecule has 2 nitrogen and oxygen atoms in total. The van der Waals surface area contributed by atoms with Gasteiger partial charge in [0.25, 0.3) is 0 Å². The van der Waals surface area contributed by atoms with E-state index in [1.807, 2.05) is 6.07 Å². The highest BCUT2D eigenvalue weighted by atomic mass is 79.9. The molecule has 21 heavy (non-hydrogen) atoms. The largest absolute Gasteiger partial charge is 0.465 e. The normalized spacial score (nSPS) is 13.6. The monoisotopic (exact) mass is 344 g/mol. The fourth-order valence-electron chi connectivity index (χ4n) is 2.80. The van der Waals surface area contributed by atoms with Gasteiger partial charge in [-0.2, -0.15) is 0 Å². The molecule has 0 amide bonds. The van der Waals surface area contributed by atoms with Crippen molar-refractivity contribution in [2.75, 3.05) is 7.11 Å². The second kappa shape index (κ2) is 6.02. The van der Waals surface area contributed by atoms with Gasteiger partial charge in [0.1, 0.15) is 0 Å². The Kier molecular flexibility index (Phi) is 4.11. The van der Waals surface area contributed by atoms with Crippen molar-refractivity contribution in [3.63, 3.8) is 0 Å². The predicted octanol–water partition coefficient (Wildman–Crippen LogP) is 4.12. The number of methoxy groups -OCH3 is 1. The van der Waals surface area contributed by atoms with Crippen LogP contribution < -0.4 is 0 Å². The summed E-state index contributed by atoms with van der Waals surface area (Å²) in [5, 5.41) is 0. The molecule has 4 aliphatic rings. The number of rotatable bonds is 1. The van der Waals surface area contributed by atoms with Crippen molar-refractivity contribution in [1.29, 1.82) is 0 Å². The first-order chi connectivity index (χ1) is 10.2. The fraction of sp³-hybridized carbons (Fsp3) is 0.278. The summed E-state index contributed by atoms with van der Waals surface area (Å²) in [7, 11) is 1.44. The molecule has 0 saturated carbocycles. The highest BCUT2D eigenvalue weighted by Crippen LogP contribution is 2.24. The first-order valence-corrected chi connectivity index (χ1v) is 7.94. The number of aryl methyl sites for hydroxylation is 4. The van der Waals surface area contributed by atoms with Crippen molar-refractivity contribution < 1.29 is 9.53 Å². The van der Waals surface area contributed by atoms with E-state index in [0.29, 0.717) is 5.56 Å². The smallest absolute Gasteiger partial charge is 0.338 e. The van der Waals surface area contributed by atoms with Crippen LogP contribution in [0.15, 0.2) is 40.9 Å². The number of carbonyl (C=O) groups excluding carboxylic acids is 1. The van der Waals surface area contributed by atoms with E-state index in [0.717, 1.165) is 31.2 Å². The van der Waals surface area contributed by atoms with Crippen LogP contribution in [0.5, 0.6) is 0 Å². The number of ether oxygens (including phenoxy) is 1. The molecule has 0 atom stereocenters. The molecular weight excluding hydrogens is 328 g/mol. The Bertz CT molecular complexity index is 692. The Labute approximate surface area is 133 Å². The van der Waals surface area contributed by atoms with Gasteiger partial charge in [-0.25, -0.2) is 4.79 Å². The van der Waals surface area contributed by atoms with Crippen LogP contribution in [0.4, 0.5) is 0 Å². The van der Waals surface area contributed by atoms with Crippen LogP contribution >= 0.6 is 15.9 Å². The SMILES string of the molecule is COC(=O)c1cc2ccc1CCc1ccc(c(Br)c1)CC2. The van der Waals surface area contributed by atoms with Gasteiger partial charge in [0.15, 0.2) is 0 Å². The van der Waals surface area contributed by atoms with E-state index in [9.17, 15) is 4.79 Å². The topological polar surface area (TPSA) is 26.3 Å². The van der Waals surface area contributed by atoms with Gasteiger partial charge in [0, 0.05) is 4.47 Å². The number of esters is 1. The fourth-order valence-corrected chi connectivity index (χ4v) is 3.43. The Hall–Kier alpha value is -1.61. The van der Waals surface area contributed by atoms with Crippen molar-refractivity contribution in [3.05, 3.63) is 68.7 Å². The Morgan fingerprint density at radius 2 is 1.57 bits per heavy atom. The molecule has 108 valence electrons. The molecule has 4 bridgehead atoms. The average molecular weight is 345 g/mol. The Morgan fingerprint density at radius 1 is 0.952 bits per heavy atom. The molecular formula is C18H17BrO2. The minimum Gasteiger partial charge on any atom is -0.465 e. The molecule has 0 aromatic heterocycles. The molecule has 0 radical (unpaired) electrons. The summed E-state index contributed by atoms with van der Waals surface area (Å²) >= 11 is 3.66. The summed E-state index contributed by atoms with van der Waals surface area (Å²) in [6, 6.07) is 12.8. The molecule has 0 N–H and O–H groups in total. The van der Waals surface area contributed by atoms with Gasteiger partial charge in [-0.15, -0.1) is 0 Å². The first kappa shape index (κ1) is 14.3. The van der Waals surface area contributed by atoms with E-state index in [-0.39, 0.29) is 5.97 Å². The van der Waals surface area contributed by atoms with Crippen molar-refractivity contribution >= 4 is 21.9 Å². The van der Waals surface area contributed by atoms with Crippen LogP contribution in [0.3, 0.4) is 0 Å². The second-order valence-corrected chi connectivity index (χ2v) is 6.26. The predicted molar refractivity (Wildman–Crippen MR) is 86.7 cm³/mol. The van der Waals surface area contributed by atoms with E-state index in [2.05, 4.69) is 46.3 Å². The average Bonchev–Trinajstić information content (AvgIpc) is 2.49. The highest BCUT2D eigenvalue weighted by molar-refractivity contribution is 9.10. The number of carbonyl (C=O) groups is 1. The number of hydrogen-bond acceptors (Lipinski definition) is 2. The van der Waals surface area contributed by atoms with Gasteiger partial charge in [0.2, 0.25) is 0 Å². The first-order valence-electron chi connectivity index (χ1n) is 7.15. The van der Waals surface area contributed by atoms with Crippen molar-refractivity contribution in [3.8, 4) is 0 Å². The summed E-state index contributed by atoms with van der Waals surface area (Å²) < 4.78 is 6.11. The zero-order valence-electron chi connectivity index (χ0n) is 12.0. The van der Waals surface area contributed by atoms with Gasteiger partial charge in [0.05, 0.1) is 12.7 Å². The van der Waals surface area contributed by atoms with Gasteiger partial charge < -0.3 is 4.74 Å². The van der Waals surface area contributed by atoms with E-state index < -0.39 is 0 Å². The number of benzene rings is 2. The van der Waals surface area contributed by atoms with Crippen molar-refractivity contribution in [1.82, 2.24) is 0 Å². The van der Waals surface area contributed by atoms with Crippen molar-refractivity contribution in [2.24, 2.45) is 0 Å². The summed E-state index contributed by atoms with van der Waals surface area (Å²) in [6.07, 6.45) is 3.64. The summed E-state index contributed by atoms with van der Waals surface area (Å²) in [6.45, 7) is 0. The maximum atomic E-state index is 12.0. The Balaban J connectivity index is 2.03. The van der Waals surface area contributed by atoms with Crippen LogP contribution in [0.2, 0.25) is 0 Å². The maximum Gasteiger partial charge on any atom is 0.338 e. The molecule has 0 fully saturated rings. The van der Waals surface area contributed by atoms with E-state index in [1.165, 1.54) is 28.3 Å². The number of hydrogen-bond donors (Lipinski definition) is 0. The van der Waals surface area contributed by atoms with Crippen LogP contribution in [-0.2, 0) is 30.4 Å². The minimum absolute atomic E-state index is 0.237. The molecule has 0 unspecified atom stereocenters. The highest BCUT2D eigenvalue weighted by Gasteiger charge is 2.14. The maximum absolute atomic E-state index is 12.0. The van der Waals surface area contributed by atoms with Crippen LogP contribution in [0.25, 0.3) is 0 Å². The third-order valence-electron chi connectivity index (χ3n) is 4.06. The lowest BCUT2D eigenvalue weighted by atomic mass is 9.93. The molecule has 0 heterocycles. The van der Waals surface area contributed by atoms with Crippen LogP contribution in [-0.4, -0.2) is 13.1 Å². The Morgan fingerprint density at radius 3 is 2.24 bits per heavy atom. The molecule has 3 heteroatoms. The van der Waals surface area contributed by atoms with Gasteiger partial charge in [-0.05, 0) is 60.1 Å². The van der Waals surface area contributed by atoms with E-state index >= 15 is 0 Å². The molecule has 0 saturated heterocycles. The van der Waals surface area contributed by atoms with E-state index in [1.54, 1.807) is 0 Å². The summed E-state index contributed by atoms with van der Waals surface area (Å²) in [5.41, 5.74) is 5.54. The molecule has 2 aromatic rings. The van der Waals surface area contributed by atoms with Crippen molar-refractivity contribution in [2.45, 2.75) is 25.7 Å². The third-order valence-corrected chi connectivity index (χ3v) is 4.80. The van der Waals surface area contributed by atoms with Gasteiger partial charge >= 0.3 is 5.97 Å². The molecule has 0 spiro atoms. The van der Waals surface area contributed by atoms with Crippen LogP contribution in [0.1, 0.15) is 32.6 Å². The zero-order valence-corrected chi connectivity index (χ0v) is 13.6. The van der Waals surface area contributed by atoms with Crippen LogP contribution in [0, 0.1) is 0 Å². The standard InChI is InChI=1S/C18H17BrO2/c1-21-18(20)16-10-12-2-6-14(16)7-3-13-5-9-15(8-4-12)17(19)11-13/h2,5-6,9-11H,3-4,7-8H2,1H3. The molecule has 6 rings (SSSR count). The molecule has 4 aliphatic carbocycles. The van der Waals surface area contributed by atoms with E-state index in [4.69, 9.17) is 4.74 Å². The summed E-state index contributed by atoms with van der Waals surface area (Å²) in [5.74, 6) is -0.237. The lowest BCUT2D eigenvalue weighted by Gasteiger charge is -2.14. The molecule has 0 aliphatic heterocycles. The quantitative estimate of drug-likeness (QED) is 0.727. The summed E-state index contributed by atoms with van der Waals surface area (Å²) in [4.78, 5) is 12.0.